The van der Waals surface area contributed by atoms with Crippen LogP contribution in [0.1, 0.15) is 16.1 Å². The molecule has 18 heavy (non-hydrogen) atoms. The molecule has 98 valence electrons. The monoisotopic (exact) mass is 266 g/mol. The predicted molar refractivity (Wildman–Crippen MR) is 49.3 cm³/mol. The van der Waals surface area contributed by atoms with Crippen molar-refractivity contribution in [2.75, 3.05) is 0 Å². The Morgan fingerprint density at radius 2 is 2.11 bits per heavy atom. The number of carboxylic acid groups (broad SMARTS) is 1. The zero-order valence-corrected chi connectivity index (χ0v) is 8.69. The van der Waals surface area contributed by atoms with E-state index < -0.39 is 34.3 Å². The molecule has 0 aliphatic rings. The number of hydrogen-bond acceptors (Lipinski definition) is 5. The highest BCUT2D eigenvalue weighted by molar-refractivity contribution is 5.94. The summed E-state index contributed by atoms with van der Waals surface area (Å²) in [7, 11) is 0. The molecule has 0 aromatic carbocycles. The zero-order valence-electron chi connectivity index (χ0n) is 8.69. The summed E-state index contributed by atoms with van der Waals surface area (Å²) in [5.41, 5.74) is -2.52. The van der Waals surface area contributed by atoms with Crippen LogP contribution in [0.2, 0.25) is 0 Å². The van der Waals surface area contributed by atoms with Crippen molar-refractivity contribution in [2.45, 2.75) is 13.3 Å². The van der Waals surface area contributed by atoms with E-state index in [-0.39, 0.29) is 5.69 Å². The number of ether oxygens (including phenoxy) is 1. The van der Waals surface area contributed by atoms with Crippen molar-refractivity contribution in [1.29, 1.82) is 0 Å². The second-order valence-corrected chi connectivity index (χ2v) is 3.04. The third-order valence-corrected chi connectivity index (χ3v) is 1.83. The number of hydrogen-bond donors (Lipinski definition) is 1. The fourth-order valence-corrected chi connectivity index (χ4v) is 1.21. The number of aromatic nitrogens is 1. The highest BCUT2D eigenvalue weighted by Gasteiger charge is 2.37. The fourth-order valence-electron chi connectivity index (χ4n) is 1.21. The summed E-state index contributed by atoms with van der Waals surface area (Å²) in [5.74, 6) is -3.03. The normalized spacial score (nSPS) is 11.1. The van der Waals surface area contributed by atoms with Gasteiger partial charge in [0.25, 0.3) is 0 Å². The smallest absolute Gasteiger partial charge is 0.477 e. The van der Waals surface area contributed by atoms with Gasteiger partial charge in [0.2, 0.25) is 5.75 Å². The Labute approximate surface area is 97.0 Å². The van der Waals surface area contributed by atoms with Crippen LogP contribution in [0, 0.1) is 17.0 Å². The molecular formula is C8H5F3N2O5. The first-order valence-electron chi connectivity index (χ1n) is 4.26. The average Bonchev–Trinajstić information content (AvgIpc) is 2.17. The maximum Gasteiger partial charge on any atom is 0.573 e. The van der Waals surface area contributed by atoms with Crippen molar-refractivity contribution >= 4 is 11.7 Å². The molecule has 1 aromatic rings. The van der Waals surface area contributed by atoms with Crippen LogP contribution >= 0.6 is 0 Å². The lowest BCUT2D eigenvalue weighted by molar-refractivity contribution is -0.389. The van der Waals surface area contributed by atoms with E-state index in [1.165, 1.54) is 0 Å². The number of alkyl halides is 3. The van der Waals surface area contributed by atoms with Gasteiger partial charge in [-0.15, -0.1) is 13.2 Å². The van der Waals surface area contributed by atoms with Gasteiger partial charge in [-0.1, -0.05) is 0 Å². The molecular weight excluding hydrogens is 261 g/mol. The van der Waals surface area contributed by atoms with Gasteiger partial charge in [0.15, 0.2) is 5.56 Å². The van der Waals surface area contributed by atoms with Gasteiger partial charge in [-0.3, -0.25) is 15.1 Å². The molecule has 0 saturated heterocycles. The molecule has 0 saturated carbocycles. The molecule has 0 amide bonds. The van der Waals surface area contributed by atoms with Crippen LogP contribution in [0.5, 0.6) is 5.75 Å². The molecule has 1 aromatic heterocycles. The first kappa shape index (κ1) is 13.7. The second kappa shape index (κ2) is 4.47. The first-order chi connectivity index (χ1) is 8.13. The average molecular weight is 266 g/mol. The molecule has 0 atom stereocenters. The van der Waals surface area contributed by atoms with Gasteiger partial charge in [-0.25, -0.2) is 4.79 Å². The Morgan fingerprint density at radius 3 is 2.50 bits per heavy atom. The van der Waals surface area contributed by atoms with Crippen LogP contribution in [0.3, 0.4) is 0 Å². The minimum absolute atomic E-state index is 0.288. The number of aromatic carboxylic acids is 1. The Balaban J connectivity index is 3.49. The van der Waals surface area contributed by atoms with E-state index in [2.05, 4.69) is 9.72 Å². The molecule has 0 unspecified atom stereocenters. The number of aryl methyl sites for hydroxylation is 1. The number of nitrogens with zero attached hydrogens (tertiary/aromatic N) is 2. The highest BCUT2D eigenvalue weighted by atomic mass is 19.4. The third kappa shape index (κ3) is 2.84. The van der Waals surface area contributed by atoms with Gasteiger partial charge < -0.3 is 9.84 Å². The lowest BCUT2D eigenvalue weighted by Crippen LogP contribution is -2.19. The summed E-state index contributed by atoms with van der Waals surface area (Å²) in [6, 6.07) is 0. The van der Waals surface area contributed by atoms with Crippen LogP contribution < -0.4 is 4.74 Å². The summed E-state index contributed by atoms with van der Waals surface area (Å²) in [6.45, 7) is 1.12. The van der Waals surface area contributed by atoms with E-state index in [0.717, 1.165) is 6.92 Å². The van der Waals surface area contributed by atoms with Gasteiger partial charge in [0.1, 0.15) is 0 Å². The van der Waals surface area contributed by atoms with E-state index in [1.54, 1.807) is 0 Å². The molecule has 0 bridgehead atoms. The quantitative estimate of drug-likeness (QED) is 0.662. The highest BCUT2D eigenvalue weighted by Crippen LogP contribution is 2.35. The van der Waals surface area contributed by atoms with Crippen molar-refractivity contribution in [1.82, 2.24) is 4.98 Å². The summed E-state index contributed by atoms with van der Waals surface area (Å²) in [6.07, 6.45) is -4.73. The predicted octanol–water partition coefficient (Wildman–Crippen LogP) is 1.90. The molecule has 1 heterocycles. The SMILES string of the molecule is Cc1ncc(OC(F)(F)F)c([N+](=O)[O-])c1C(=O)O. The minimum Gasteiger partial charge on any atom is -0.477 e. The summed E-state index contributed by atoms with van der Waals surface area (Å²) < 4.78 is 39.4. The zero-order chi connectivity index (χ0) is 14.1. The maximum absolute atomic E-state index is 12.0. The Bertz CT molecular complexity index is 514. The van der Waals surface area contributed by atoms with Crippen LogP contribution in [0.4, 0.5) is 18.9 Å². The van der Waals surface area contributed by atoms with Crippen molar-refractivity contribution in [3.05, 3.63) is 27.6 Å². The number of rotatable bonds is 3. The standard InChI is InChI=1S/C8H5F3N2O5/c1-3-5(7(14)15)6(13(16)17)4(2-12-3)18-8(9,10)11/h2H,1H3,(H,14,15). The van der Waals surface area contributed by atoms with Crippen molar-refractivity contribution in [3.8, 4) is 5.75 Å². The largest absolute Gasteiger partial charge is 0.573 e. The van der Waals surface area contributed by atoms with Gasteiger partial charge in [-0.05, 0) is 6.92 Å². The second-order valence-electron chi connectivity index (χ2n) is 3.04. The number of nitro groups is 1. The molecule has 1 rings (SSSR count). The lowest BCUT2D eigenvalue weighted by atomic mass is 10.1. The van der Waals surface area contributed by atoms with E-state index in [4.69, 9.17) is 5.11 Å². The number of pyridine rings is 1. The van der Waals surface area contributed by atoms with Crippen LogP contribution in [0.15, 0.2) is 6.20 Å². The molecule has 10 heteroatoms. The molecule has 0 radical (unpaired) electrons. The Morgan fingerprint density at radius 1 is 1.56 bits per heavy atom. The van der Waals surface area contributed by atoms with Crippen molar-refractivity contribution in [3.63, 3.8) is 0 Å². The van der Waals surface area contributed by atoms with Crippen molar-refractivity contribution in [2.24, 2.45) is 0 Å². The third-order valence-electron chi connectivity index (χ3n) is 1.83. The molecule has 1 N–H and O–H groups in total. The molecule has 0 aliphatic heterocycles. The number of carbonyl (C=O) groups is 1. The van der Waals surface area contributed by atoms with Gasteiger partial charge in [0.05, 0.1) is 16.8 Å². The lowest BCUT2D eigenvalue weighted by Gasteiger charge is -2.10. The topological polar surface area (TPSA) is 103 Å². The minimum atomic E-state index is -5.18. The van der Waals surface area contributed by atoms with Gasteiger partial charge >= 0.3 is 18.0 Å². The molecule has 7 nitrogen and oxygen atoms in total. The van der Waals surface area contributed by atoms with Crippen LogP contribution in [-0.2, 0) is 0 Å². The maximum atomic E-state index is 12.0. The summed E-state index contributed by atoms with van der Waals surface area (Å²) in [5, 5.41) is 19.4. The number of halogens is 3. The molecule has 0 spiro atoms. The van der Waals surface area contributed by atoms with Crippen molar-refractivity contribution < 1.29 is 32.7 Å². The fraction of sp³-hybridized carbons (Fsp3) is 0.250. The molecule has 0 fully saturated rings. The van der Waals surface area contributed by atoms with Gasteiger partial charge in [0, 0.05) is 0 Å². The number of carboxylic acids is 1. The summed E-state index contributed by atoms with van der Waals surface area (Å²) >= 11 is 0. The molecule has 0 aliphatic carbocycles. The van der Waals surface area contributed by atoms with Gasteiger partial charge in [-0.2, -0.15) is 0 Å². The van der Waals surface area contributed by atoms with Crippen LogP contribution in [0.25, 0.3) is 0 Å². The van der Waals surface area contributed by atoms with E-state index in [1.807, 2.05) is 0 Å². The van der Waals surface area contributed by atoms with E-state index >= 15 is 0 Å². The Hall–Kier alpha value is -2.39. The summed E-state index contributed by atoms with van der Waals surface area (Å²) in [4.78, 5) is 23.5. The first-order valence-corrected chi connectivity index (χ1v) is 4.26. The Kier molecular flexibility index (Phi) is 3.39. The van der Waals surface area contributed by atoms with Crippen LogP contribution in [-0.4, -0.2) is 27.3 Å². The van der Waals surface area contributed by atoms with E-state index in [0.29, 0.717) is 6.20 Å². The van der Waals surface area contributed by atoms with E-state index in [9.17, 15) is 28.1 Å².